The molecule has 2 aromatic rings. The zero-order valence-corrected chi connectivity index (χ0v) is 18.7. The smallest absolute Gasteiger partial charge is 0.408 e. The number of alkyl carbamates (subject to hydrolysis) is 1. The van der Waals surface area contributed by atoms with Gasteiger partial charge in [-0.05, 0) is 46.6 Å². The number of nitrogens with one attached hydrogen (secondary N) is 1. The monoisotopic (exact) mass is 435 g/mol. The highest BCUT2D eigenvalue weighted by molar-refractivity contribution is 7.13. The lowest BCUT2D eigenvalue weighted by molar-refractivity contribution is 0.0396. The maximum absolute atomic E-state index is 12.9. The molecular formula is C21H26ClN3O3S. The van der Waals surface area contributed by atoms with E-state index in [4.69, 9.17) is 16.3 Å². The molecule has 1 saturated heterocycles. The molecule has 0 radical (unpaired) electrons. The standard InChI is InChI=1S/C21H26ClN3O3S/c1-20(2,3)28-19(27)24-21(4)9-11-25(12-10-21)18(26)16-13-29-17(23-16)14-7-5-6-8-15(14)22/h5-8,13H,9-12H2,1-4H3,(H,24,27). The third kappa shape index (κ3) is 5.48. The van der Waals surface area contributed by atoms with Crippen LogP contribution >= 0.6 is 22.9 Å². The van der Waals surface area contributed by atoms with Gasteiger partial charge in [-0.1, -0.05) is 29.8 Å². The van der Waals surface area contributed by atoms with Crippen molar-refractivity contribution in [3.8, 4) is 10.6 Å². The molecule has 2 heterocycles. The van der Waals surface area contributed by atoms with Crippen molar-refractivity contribution in [3.05, 3.63) is 40.4 Å². The number of rotatable bonds is 3. The molecule has 0 spiro atoms. The average molecular weight is 436 g/mol. The summed E-state index contributed by atoms with van der Waals surface area (Å²) in [6.07, 6.45) is 0.877. The predicted octanol–water partition coefficient (Wildman–Crippen LogP) is 4.98. The van der Waals surface area contributed by atoms with Gasteiger partial charge in [-0.3, -0.25) is 4.79 Å². The fourth-order valence-electron chi connectivity index (χ4n) is 3.17. The van der Waals surface area contributed by atoms with Crippen LogP contribution in [0, 0.1) is 0 Å². The van der Waals surface area contributed by atoms with E-state index >= 15 is 0 Å². The molecule has 1 fully saturated rings. The molecule has 2 amide bonds. The number of halogens is 1. The number of benzene rings is 1. The number of carbonyl (C=O) groups is 2. The quantitative estimate of drug-likeness (QED) is 0.737. The fraction of sp³-hybridized carbons (Fsp3) is 0.476. The highest BCUT2D eigenvalue weighted by atomic mass is 35.5. The number of thiazole rings is 1. The van der Waals surface area contributed by atoms with Crippen molar-refractivity contribution in [1.29, 1.82) is 0 Å². The SMILES string of the molecule is CC1(NC(=O)OC(C)(C)C)CCN(C(=O)c2csc(-c3ccccc3Cl)n2)CC1. The van der Waals surface area contributed by atoms with Crippen molar-refractivity contribution in [2.75, 3.05) is 13.1 Å². The third-order valence-electron chi connectivity index (χ3n) is 4.78. The van der Waals surface area contributed by atoms with E-state index < -0.39 is 17.2 Å². The fourth-order valence-corrected chi connectivity index (χ4v) is 4.28. The second-order valence-electron chi connectivity index (χ2n) is 8.50. The molecule has 156 valence electrons. The number of carbonyl (C=O) groups excluding carboxylic acids is 2. The molecule has 1 aromatic carbocycles. The molecule has 1 N–H and O–H groups in total. The number of hydrogen-bond donors (Lipinski definition) is 1. The lowest BCUT2D eigenvalue weighted by Crippen LogP contribution is -2.55. The van der Waals surface area contributed by atoms with Crippen LogP contribution in [0.1, 0.15) is 51.0 Å². The van der Waals surface area contributed by atoms with Crippen LogP contribution < -0.4 is 5.32 Å². The number of amides is 2. The van der Waals surface area contributed by atoms with E-state index in [1.54, 1.807) is 10.3 Å². The van der Waals surface area contributed by atoms with Crippen molar-refractivity contribution in [2.24, 2.45) is 0 Å². The minimum absolute atomic E-state index is 0.0983. The second kappa shape index (κ2) is 8.32. The highest BCUT2D eigenvalue weighted by Crippen LogP contribution is 2.31. The van der Waals surface area contributed by atoms with E-state index in [1.807, 2.05) is 52.0 Å². The van der Waals surface area contributed by atoms with Gasteiger partial charge in [0.15, 0.2) is 0 Å². The van der Waals surface area contributed by atoms with Gasteiger partial charge in [0, 0.05) is 29.6 Å². The number of aromatic nitrogens is 1. The van der Waals surface area contributed by atoms with E-state index in [0.717, 1.165) is 10.6 Å². The van der Waals surface area contributed by atoms with Crippen LogP contribution in [0.15, 0.2) is 29.6 Å². The van der Waals surface area contributed by atoms with E-state index in [2.05, 4.69) is 10.3 Å². The molecule has 0 unspecified atom stereocenters. The lowest BCUT2D eigenvalue weighted by Gasteiger charge is -2.39. The molecular weight excluding hydrogens is 410 g/mol. The lowest BCUT2D eigenvalue weighted by atomic mass is 9.89. The molecule has 6 nitrogen and oxygen atoms in total. The largest absolute Gasteiger partial charge is 0.444 e. The molecule has 0 atom stereocenters. The zero-order valence-electron chi connectivity index (χ0n) is 17.1. The maximum Gasteiger partial charge on any atom is 0.408 e. The summed E-state index contributed by atoms with van der Waals surface area (Å²) in [5, 5.41) is 6.07. The minimum atomic E-state index is -0.541. The van der Waals surface area contributed by atoms with Crippen LogP contribution in [0.5, 0.6) is 0 Å². The number of hydrogen-bond acceptors (Lipinski definition) is 5. The number of nitrogens with zero attached hydrogens (tertiary/aromatic N) is 2. The topological polar surface area (TPSA) is 71.5 Å². The summed E-state index contributed by atoms with van der Waals surface area (Å²) >= 11 is 7.64. The first-order valence-electron chi connectivity index (χ1n) is 9.57. The Morgan fingerprint density at radius 1 is 1.24 bits per heavy atom. The predicted molar refractivity (Wildman–Crippen MR) is 115 cm³/mol. The van der Waals surface area contributed by atoms with Gasteiger partial charge in [-0.25, -0.2) is 9.78 Å². The van der Waals surface area contributed by atoms with E-state index in [9.17, 15) is 9.59 Å². The van der Waals surface area contributed by atoms with Crippen LogP contribution in [0.4, 0.5) is 4.79 Å². The van der Waals surface area contributed by atoms with Crippen LogP contribution in [-0.4, -0.2) is 46.1 Å². The Balaban J connectivity index is 1.61. The van der Waals surface area contributed by atoms with Crippen molar-refractivity contribution in [3.63, 3.8) is 0 Å². The molecule has 1 aliphatic rings. The van der Waals surface area contributed by atoms with Gasteiger partial charge in [-0.2, -0.15) is 0 Å². The average Bonchev–Trinajstić information content (AvgIpc) is 3.10. The van der Waals surface area contributed by atoms with Gasteiger partial charge in [-0.15, -0.1) is 11.3 Å². The number of likely N-dealkylation sites (tertiary alicyclic amines) is 1. The molecule has 29 heavy (non-hydrogen) atoms. The van der Waals surface area contributed by atoms with Gasteiger partial charge in [0.05, 0.1) is 5.02 Å². The Labute approximate surface area is 180 Å². The Hall–Kier alpha value is -2.12. The van der Waals surface area contributed by atoms with E-state index in [0.29, 0.717) is 36.6 Å². The molecule has 0 aliphatic carbocycles. The van der Waals surface area contributed by atoms with E-state index in [1.165, 1.54) is 11.3 Å². The molecule has 3 rings (SSSR count). The van der Waals surface area contributed by atoms with Crippen LogP contribution in [0.2, 0.25) is 5.02 Å². The van der Waals surface area contributed by atoms with Crippen molar-refractivity contribution in [1.82, 2.24) is 15.2 Å². The summed E-state index contributed by atoms with van der Waals surface area (Å²) in [5.74, 6) is -0.0983. The first kappa shape index (κ1) is 21.6. The van der Waals surface area contributed by atoms with Gasteiger partial charge >= 0.3 is 6.09 Å². The highest BCUT2D eigenvalue weighted by Gasteiger charge is 2.35. The summed E-state index contributed by atoms with van der Waals surface area (Å²) in [7, 11) is 0. The number of piperidine rings is 1. The molecule has 1 aromatic heterocycles. The Morgan fingerprint density at radius 2 is 1.90 bits per heavy atom. The first-order valence-corrected chi connectivity index (χ1v) is 10.8. The van der Waals surface area contributed by atoms with Crippen LogP contribution in [0.3, 0.4) is 0 Å². The summed E-state index contributed by atoms with van der Waals surface area (Å²) in [6.45, 7) is 8.58. The van der Waals surface area contributed by atoms with E-state index in [-0.39, 0.29) is 5.91 Å². The van der Waals surface area contributed by atoms with Gasteiger partial charge in [0.2, 0.25) is 0 Å². The van der Waals surface area contributed by atoms with Gasteiger partial charge < -0.3 is 15.0 Å². The van der Waals surface area contributed by atoms with Crippen molar-refractivity contribution < 1.29 is 14.3 Å². The first-order chi connectivity index (χ1) is 13.6. The van der Waals surface area contributed by atoms with Crippen molar-refractivity contribution in [2.45, 2.75) is 51.7 Å². The molecule has 1 aliphatic heterocycles. The normalized spacial score (nSPS) is 16.4. The minimum Gasteiger partial charge on any atom is -0.444 e. The summed E-state index contributed by atoms with van der Waals surface area (Å²) in [4.78, 5) is 31.3. The van der Waals surface area contributed by atoms with Crippen molar-refractivity contribution >= 4 is 34.9 Å². The van der Waals surface area contributed by atoms with Crippen LogP contribution in [0.25, 0.3) is 10.6 Å². The third-order valence-corrected chi connectivity index (χ3v) is 5.99. The molecule has 0 bridgehead atoms. The summed E-state index contributed by atoms with van der Waals surface area (Å²) in [5.41, 5.74) is 0.310. The van der Waals surface area contributed by atoms with Crippen LogP contribution in [-0.2, 0) is 4.74 Å². The number of ether oxygens (including phenoxy) is 1. The summed E-state index contributed by atoms with van der Waals surface area (Å²) in [6, 6.07) is 7.46. The Morgan fingerprint density at radius 3 is 2.52 bits per heavy atom. The second-order valence-corrected chi connectivity index (χ2v) is 9.76. The van der Waals surface area contributed by atoms with Gasteiger partial charge in [0.25, 0.3) is 5.91 Å². The molecule has 8 heteroatoms. The van der Waals surface area contributed by atoms with Gasteiger partial charge in [0.1, 0.15) is 16.3 Å². The molecule has 0 saturated carbocycles. The Kier molecular flexibility index (Phi) is 6.19. The Bertz CT molecular complexity index is 899. The zero-order chi connectivity index (χ0) is 21.2. The maximum atomic E-state index is 12.9. The summed E-state index contributed by atoms with van der Waals surface area (Å²) < 4.78 is 5.35.